The molecule has 0 bridgehead atoms. The molecule has 0 aliphatic carbocycles. The Hall–Kier alpha value is -1.81. The molecule has 0 aromatic heterocycles. The molecular weight excluding hydrogens is 356 g/mol. The molecule has 0 fully saturated rings. The van der Waals surface area contributed by atoms with Crippen molar-refractivity contribution in [3.63, 3.8) is 0 Å². The van der Waals surface area contributed by atoms with E-state index < -0.39 is 0 Å². The predicted octanol–water partition coefficient (Wildman–Crippen LogP) is 5.02. The van der Waals surface area contributed by atoms with Crippen molar-refractivity contribution < 1.29 is 14.3 Å². The lowest BCUT2D eigenvalue weighted by molar-refractivity contribution is 0.111. The Morgan fingerprint density at radius 1 is 1.00 bits per heavy atom. The van der Waals surface area contributed by atoms with Crippen molar-refractivity contribution in [1.82, 2.24) is 0 Å². The Bertz CT molecular complexity index is 657. The molecule has 0 aliphatic rings. The summed E-state index contributed by atoms with van der Waals surface area (Å²) in [5.41, 5.74) is 1.93. The van der Waals surface area contributed by atoms with E-state index in [1.807, 2.05) is 18.2 Å². The van der Waals surface area contributed by atoms with Crippen LogP contribution in [0.15, 0.2) is 46.9 Å². The Balaban J connectivity index is 1.86. The van der Waals surface area contributed by atoms with Crippen LogP contribution in [0.1, 0.15) is 36.7 Å². The van der Waals surface area contributed by atoms with Crippen LogP contribution in [0, 0.1) is 0 Å². The van der Waals surface area contributed by atoms with E-state index in [0.29, 0.717) is 24.5 Å². The molecule has 0 unspecified atom stereocenters. The maximum atomic E-state index is 11.0. The summed E-state index contributed by atoms with van der Waals surface area (Å²) in [6.07, 6.45) is 0.786. The fourth-order valence-corrected chi connectivity index (χ4v) is 2.43. The molecule has 0 saturated heterocycles. The van der Waals surface area contributed by atoms with Crippen LogP contribution in [0.2, 0.25) is 0 Å². The van der Waals surface area contributed by atoms with Gasteiger partial charge in [-0.05, 0) is 41.3 Å². The highest BCUT2D eigenvalue weighted by molar-refractivity contribution is 9.10. The fraction of sp³-hybridized carbons (Fsp3) is 0.316. The van der Waals surface area contributed by atoms with Gasteiger partial charge in [0.05, 0.1) is 5.56 Å². The number of rotatable bonds is 6. The molecule has 0 saturated carbocycles. The third kappa shape index (κ3) is 5.10. The van der Waals surface area contributed by atoms with Gasteiger partial charge in [0, 0.05) is 4.47 Å². The maximum Gasteiger partial charge on any atom is 0.153 e. The molecule has 0 atom stereocenters. The van der Waals surface area contributed by atoms with Crippen LogP contribution in [0.4, 0.5) is 0 Å². The molecule has 0 heterocycles. The van der Waals surface area contributed by atoms with E-state index >= 15 is 0 Å². The van der Waals surface area contributed by atoms with Gasteiger partial charge in [0.15, 0.2) is 6.29 Å². The second kappa shape index (κ2) is 7.64. The number of carbonyl (C=O) groups excluding carboxylic acids is 1. The quantitative estimate of drug-likeness (QED) is 0.524. The molecular formula is C19H21BrO3. The highest BCUT2D eigenvalue weighted by Gasteiger charge is 2.12. The van der Waals surface area contributed by atoms with Crippen LogP contribution in [-0.2, 0) is 5.41 Å². The lowest BCUT2D eigenvalue weighted by Gasteiger charge is -2.19. The first-order valence-corrected chi connectivity index (χ1v) is 8.30. The van der Waals surface area contributed by atoms with Crippen LogP contribution in [0.3, 0.4) is 0 Å². The normalized spacial score (nSPS) is 11.1. The molecule has 0 spiro atoms. The van der Waals surface area contributed by atoms with E-state index in [2.05, 4.69) is 48.8 Å². The van der Waals surface area contributed by atoms with Crippen LogP contribution in [-0.4, -0.2) is 19.5 Å². The highest BCUT2D eigenvalue weighted by Crippen LogP contribution is 2.25. The third-order valence-corrected chi connectivity index (χ3v) is 3.93. The zero-order chi connectivity index (χ0) is 16.9. The van der Waals surface area contributed by atoms with Crippen molar-refractivity contribution >= 4 is 22.2 Å². The molecule has 0 aliphatic heterocycles. The van der Waals surface area contributed by atoms with Gasteiger partial charge in [-0.2, -0.15) is 0 Å². The molecule has 0 N–H and O–H groups in total. The molecule has 3 nitrogen and oxygen atoms in total. The van der Waals surface area contributed by atoms with Crippen molar-refractivity contribution in [2.75, 3.05) is 13.2 Å². The highest BCUT2D eigenvalue weighted by atomic mass is 79.9. The summed E-state index contributed by atoms with van der Waals surface area (Å²) in [6, 6.07) is 13.4. The standard InChI is InChI=1S/C19H21BrO3/c1-19(2,3)15-5-8-17(9-6-15)22-10-11-23-18-12-16(20)7-4-14(18)13-21/h4-9,12-13H,10-11H2,1-3H3. The molecule has 122 valence electrons. The first-order chi connectivity index (χ1) is 10.9. The largest absolute Gasteiger partial charge is 0.490 e. The number of aldehydes is 1. The van der Waals surface area contributed by atoms with Gasteiger partial charge in [-0.3, -0.25) is 4.79 Å². The van der Waals surface area contributed by atoms with Crippen molar-refractivity contribution in [2.45, 2.75) is 26.2 Å². The smallest absolute Gasteiger partial charge is 0.153 e. The fourth-order valence-electron chi connectivity index (χ4n) is 2.09. The molecule has 4 heteroatoms. The minimum atomic E-state index is 0.133. The van der Waals surface area contributed by atoms with Gasteiger partial charge in [-0.25, -0.2) is 0 Å². The zero-order valence-electron chi connectivity index (χ0n) is 13.6. The SMILES string of the molecule is CC(C)(C)c1ccc(OCCOc2cc(Br)ccc2C=O)cc1. The number of halogens is 1. The molecule has 2 aromatic rings. The molecule has 0 radical (unpaired) electrons. The molecule has 23 heavy (non-hydrogen) atoms. The Labute approximate surface area is 145 Å². The lowest BCUT2D eigenvalue weighted by Crippen LogP contribution is -2.12. The van der Waals surface area contributed by atoms with Crippen LogP contribution >= 0.6 is 15.9 Å². The Kier molecular flexibility index (Phi) is 5.83. The topological polar surface area (TPSA) is 35.5 Å². The molecule has 0 amide bonds. The summed E-state index contributed by atoms with van der Waals surface area (Å²) < 4.78 is 12.2. The van der Waals surface area contributed by atoms with Gasteiger partial charge < -0.3 is 9.47 Å². The van der Waals surface area contributed by atoms with Crippen molar-refractivity contribution in [3.8, 4) is 11.5 Å². The minimum Gasteiger partial charge on any atom is -0.490 e. The Morgan fingerprint density at radius 2 is 1.65 bits per heavy atom. The van der Waals surface area contributed by atoms with Gasteiger partial charge in [-0.15, -0.1) is 0 Å². The average Bonchev–Trinajstić information content (AvgIpc) is 2.51. The predicted molar refractivity (Wildman–Crippen MR) is 95.7 cm³/mol. The zero-order valence-corrected chi connectivity index (χ0v) is 15.2. The monoisotopic (exact) mass is 376 g/mol. The third-order valence-electron chi connectivity index (χ3n) is 3.43. The minimum absolute atomic E-state index is 0.133. The Morgan fingerprint density at radius 3 is 2.26 bits per heavy atom. The van der Waals surface area contributed by atoms with Crippen LogP contribution in [0.25, 0.3) is 0 Å². The van der Waals surface area contributed by atoms with E-state index in [1.54, 1.807) is 12.1 Å². The van der Waals surface area contributed by atoms with Crippen LogP contribution in [0.5, 0.6) is 11.5 Å². The summed E-state index contributed by atoms with van der Waals surface area (Å²) >= 11 is 3.37. The summed E-state index contributed by atoms with van der Waals surface area (Å²) in [5.74, 6) is 1.37. The van der Waals surface area contributed by atoms with E-state index in [1.165, 1.54) is 5.56 Å². The van der Waals surface area contributed by atoms with E-state index in [0.717, 1.165) is 16.5 Å². The van der Waals surface area contributed by atoms with Gasteiger partial charge in [0.25, 0.3) is 0 Å². The molecule has 2 rings (SSSR count). The van der Waals surface area contributed by atoms with Crippen molar-refractivity contribution in [2.24, 2.45) is 0 Å². The van der Waals surface area contributed by atoms with Gasteiger partial charge in [0.2, 0.25) is 0 Å². The number of benzene rings is 2. The second-order valence-corrected chi connectivity index (χ2v) is 7.19. The number of hydrogen-bond acceptors (Lipinski definition) is 3. The summed E-state index contributed by atoms with van der Waals surface area (Å²) in [6.45, 7) is 7.33. The van der Waals surface area contributed by atoms with Crippen LogP contribution < -0.4 is 9.47 Å². The first kappa shape index (κ1) is 17.5. The number of carbonyl (C=O) groups is 1. The molecule has 2 aromatic carbocycles. The van der Waals surface area contributed by atoms with E-state index in [9.17, 15) is 4.79 Å². The number of ether oxygens (including phenoxy) is 2. The van der Waals surface area contributed by atoms with Crippen molar-refractivity contribution in [3.05, 3.63) is 58.1 Å². The van der Waals surface area contributed by atoms with Gasteiger partial charge in [-0.1, -0.05) is 48.8 Å². The first-order valence-electron chi connectivity index (χ1n) is 7.51. The van der Waals surface area contributed by atoms with E-state index in [-0.39, 0.29) is 5.41 Å². The van der Waals surface area contributed by atoms with Crippen molar-refractivity contribution in [1.29, 1.82) is 0 Å². The van der Waals surface area contributed by atoms with Gasteiger partial charge >= 0.3 is 0 Å². The maximum absolute atomic E-state index is 11.0. The summed E-state index contributed by atoms with van der Waals surface area (Å²) in [4.78, 5) is 11.0. The average molecular weight is 377 g/mol. The number of hydrogen-bond donors (Lipinski definition) is 0. The van der Waals surface area contributed by atoms with Gasteiger partial charge in [0.1, 0.15) is 24.7 Å². The summed E-state index contributed by atoms with van der Waals surface area (Å²) in [5, 5.41) is 0. The summed E-state index contributed by atoms with van der Waals surface area (Å²) in [7, 11) is 0. The second-order valence-electron chi connectivity index (χ2n) is 6.27. The van der Waals surface area contributed by atoms with E-state index in [4.69, 9.17) is 9.47 Å². The lowest BCUT2D eigenvalue weighted by atomic mass is 9.87.